The molecule has 1 radical (unpaired) electrons. The molecule has 0 bridgehead atoms. The van der Waals surface area contributed by atoms with Crippen molar-refractivity contribution in [2.45, 2.75) is 0 Å². The van der Waals surface area contributed by atoms with E-state index in [0.717, 1.165) is 32.3 Å². The molecule has 3 nitrogen and oxygen atoms in total. The molecule has 2 heterocycles. The molecule has 0 aromatic carbocycles. The minimum absolute atomic E-state index is 1.08. The van der Waals surface area contributed by atoms with Crippen molar-refractivity contribution in [2.75, 3.05) is 26.2 Å². The van der Waals surface area contributed by atoms with Gasteiger partial charge >= 0.3 is 0 Å². The van der Waals surface area contributed by atoms with Crippen LogP contribution in [0, 0.1) is 6.17 Å². The van der Waals surface area contributed by atoms with Crippen molar-refractivity contribution in [1.82, 2.24) is 10.2 Å². The third kappa shape index (κ3) is 1.49. The number of piperazine rings is 1. The fraction of sp³-hybridized carbons (Fsp3) is 0.500. The Bertz CT molecular complexity index is 168. The van der Waals surface area contributed by atoms with E-state index in [9.17, 15) is 0 Å². The van der Waals surface area contributed by atoms with Crippen molar-refractivity contribution < 1.29 is 0 Å². The molecular formula is C8H12N3. The van der Waals surface area contributed by atoms with Gasteiger partial charge in [-0.3, -0.25) is 9.89 Å². The van der Waals surface area contributed by atoms with E-state index in [1.54, 1.807) is 0 Å². The van der Waals surface area contributed by atoms with Crippen molar-refractivity contribution in [3.8, 4) is 0 Å². The first-order chi connectivity index (χ1) is 5.47. The van der Waals surface area contributed by atoms with E-state index >= 15 is 0 Å². The standard InChI is InChI=1S/C8H12N3/c1-2-8(10-3-1)11-6-4-9-5-7-11/h1-3,9H,4-7H2. The van der Waals surface area contributed by atoms with Crippen LogP contribution in [0.15, 0.2) is 17.1 Å². The minimum Gasteiger partial charge on any atom is -0.314 e. The lowest BCUT2D eigenvalue weighted by molar-refractivity contribution is 0.266. The maximum absolute atomic E-state index is 4.24. The van der Waals surface area contributed by atoms with E-state index in [2.05, 4.69) is 21.3 Å². The largest absolute Gasteiger partial charge is 0.314 e. The monoisotopic (exact) mass is 150 g/mol. The number of hydrogen-bond donors (Lipinski definition) is 1. The van der Waals surface area contributed by atoms with Crippen LogP contribution >= 0.6 is 0 Å². The molecule has 1 fully saturated rings. The number of rotatable bonds is 1. The second-order valence-corrected chi connectivity index (χ2v) is 2.73. The van der Waals surface area contributed by atoms with Gasteiger partial charge in [0, 0.05) is 32.4 Å². The maximum Gasteiger partial charge on any atom is 0.174 e. The quantitative estimate of drug-likeness (QED) is 0.570. The van der Waals surface area contributed by atoms with Gasteiger partial charge in [0.05, 0.1) is 0 Å². The molecule has 59 valence electrons. The third-order valence-corrected chi connectivity index (χ3v) is 1.98. The average Bonchev–Trinajstić information content (AvgIpc) is 2.58. The van der Waals surface area contributed by atoms with E-state index in [1.165, 1.54) is 0 Å². The molecule has 1 N–H and O–H groups in total. The molecule has 0 aromatic rings. The smallest absolute Gasteiger partial charge is 0.174 e. The second-order valence-electron chi connectivity index (χ2n) is 2.73. The predicted octanol–water partition coefficient (Wildman–Crippen LogP) is 0.0217. The maximum atomic E-state index is 4.24. The molecule has 11 heavy (non-hydrogen) atoms. The molecule has 3 heteroatoms. The van der Waals surface area contributed by atoms with Crippen molar-refractivity contribution in [3.63, 3.8) is 0 Å². The van der Waals surface area contributed by atoms with Crippen molar-refractivity contribution in [2.24, 2.45) is 4.99 Å². The summed E-state index contributed by atoms with van der Waals surface area (Å²) in [5.41, 5.74) is 0. The predicted molar refractivity (Wildman–Crippen MR) is 45.3 cm³/mol. The minimum atomic E-state index is 1.08. The Morgan fingerprint density at radius 1 is 1.36 bits per heavy atom. The highest BCUT2D eigenvalue weighted by molar-refractivity contribution is 5.75. The molecule has 0 atom stereocenters. The van der Waals surface area contributed by atoms with Gasteiger partial charge in [0.15, 0.2) is 6.17 Å². The first-order valence-electron chi connectivity index (χ1n) is 4.00. The molecule has 0 aromatic heterocycles. The molecule has 2 aliphatic heterocycles. The van der Waals surface area contributed by atoms with Gasteiger partial charge < -0.3 is 5.32 Å². The first kappa shape index (κ1) is 7.00. The highest BCUT2D eigenvalue weighted by Gasteiger charge is 2.18. The fourth-order valence-corrected chi connectivity index (χ4v) is 1.37. The van der Waals surface area contributed by atoms with Crippen LogP contribution < -0.4 is 5.32 Å². The average molecular weight is 150 g/mol. The van der Waals surface area contributed by atoms with Crippen molar-refractivity contribution in [1.29, 1.82) is 0 Å². The summed E-state index contributed by atoms with van der Waals surface area (Å²) in [5, 5.41) is 3.31. The Hall–Kier alpha value is -0.670. The Labute approximate surface area is 66.8 Å². The summed E-state index contributed by atoms with van der Waals surface area (Å²) in [5.74, 6) is 0. The first-order valence-corrected chi connectivity index (χ1v) is 4.00. The number of nitrogens with zero attached hydrogens (tertiary/aromatic N) is 2. The summed E-state index contributed by atoms with van der Waals surface area (Å²) in [6, 6.07) is 0. The van der Waals surface area contributed by atoms with E-state index in [4.69, 9.17) is 0 Å². The van der Waals surface area contributed by atoms with Crippen LogP contribution in [-0.2, 0) is 0 Å². The molecule has 0 amide bonds. The lowest BCUT2D eigenvalue weighted by Crippen LogP contribution is -2.44. The summed E-state index contributed by atoms with van der Waals surface area (Å²) < 4.78 is 0. The van der Waals surface area contributed by atoms with Gasteiger partial charge in [0.25, 0.3) is 0 Å². The lowest BCUT2D eigenvalue weighted by Gasteiger charge is -2.28. The number of allylic oxidation sites excluding steroid dienone is 1. The molecule has 0 aliphatic carbocycles. The summed E-state index contributed by atoms with van der Waals surface area (Å²) in [4.78, 5) is 6.54. The zero-order valence-corrected chi connectivity index (χ0v) is 6.45. The molecule has 2 rings (SSSR count). The Balaban J connectivity index is 1.92. The van der Waals surface area contributed by atoms with Gasteiger partial charge in [-0.2, -0.15) is 0 Å². The van der Waals surface area contributed by atoms with Gasteiger partial charge in [0.2, 0.25) is 0 Å². The number of aliphatic imine (C=N–C) groups is 1. The molecular weight excluding hydrogens is 138 g/mol. The van der Waals surface area contributed by atoms with Gasteiger partial charge in [-0.15, -0.1) is 0 Å². The van der Waals surface area contributed by atoms with Crippen LogP contribution in [0.3, 0.4) is 0 Å². The topological polar surface area (TPSA) is 27.6 Å². The molecule has 0 unspecified atom stereocenters. The van der Waals surface area contributed by atoms with Crippen LogP contribution in [0.4, 0.5) is 0 Å². The van der Waals surface area contributed by atoms with Crippen LogP contribution in [-0.4, -0.2) is 37.3 Å². The molecule has 0 saturated carbocycles. The van der Waals surface area contributed by atoms with E-state index in [1.807, 2.05) is 12.3 Å². The highest BCUT2D eigenvalue weighted by Crippen LogP contribution is 2.15. The number of hydrogen-bond acceptors (Lipinski definition) is 3. The van der Waals surface area contributed by atoms with Crippen LogP contribution in [0.25, 0.3) is 0 Å². The lowest BCUT2D eigenvalue weighted by atomic mass is 10.3. The van der Waals surface area contributed by atoms with E-state index in [-0.39, 0.29) is 0 Å². The van der Waals surface area contributed by atoms with Gasteiger partial charge in [0.1, 0.15) is 0 Å². The van der Waals surface area contributed by atoms with Crippen molar-refractivity contribution in [3.05, 3.63) is 18.3 Å². The molecule has 0 spiro atoms. The van der Waals surface area contributed by atoms with Gasteiger partial charge in [-0.25, -0.2) is 0 Å². The zero-order valence-electron chi connectivity index (χ0n) is 6.45. The van der Waals surface area contributed by atoms with Crippen LogP contribution in [0.2, 0.25) is 0 Å². The van der Waals surface area contributed by atoms with E-state index < -0.39 is 0 Å². The third-order valence-electron chi connectivity index (χ3n) is 1.98. The van der Waals surface area contributed by atoms with Crippen LogP contribution in [0.1, 0.15) is 0 Å². The second kappa shape index (κ2) is 3.15. The Morgan fingerprint density at radius 3 is 2.82 bits per heavy atom. The Kier molecular flexibility index (Phi) is 2.01. The molecule has 1 saturated heterocycles. The van der Waals surface area contributed by atoms with Crippen molar-refractivity contribution >= 4 is 6.21 Å². The SMILES string of the molecule is C1=C[C](N2CCNCC2)N=C1. The summed E-state index contributed by atoms with van der Waals surface area (Å²) in [6.07, 6.45) is 7.01. The highest BCUT2D eigenvalue weighted by atomic mass is 15.3. The van der Waals surface area contributed by atoms with E-state index in [0.29, 0.717) is 0 Å². The summed E-state index contributed by atoms with van der Waals surface area (Å²) in [7, 11) is 0. The van der Waals surface area contributed by atoms with Crippen LogP contribution in [0.5, 0.6) is 0 Å². The molecule has 2 aliphatic rings. The van der Waals surface area contributed by atoms with Gasteiger partial charge in [-0.05, 0) is 12.2 Å². The normalized spacial score (nSPS) is 26.5. The number of nitrogens with one attached hydrogen (secondary N) is 1. The Morgan fingerprint density at radius 2 is 2.18 bits per heavy atom. The summed E-state index contributed by atoms with van der Waals surface area (Å²) >= 11 is 0. The fourth-order valence-electron chi connectivity index (χ4n) is 1.37. The summed E-state index contributed by atoms with van der Waals surface area (Å²) in [6.45, 7) is 4.31. The van der Waals surface area contributed by atoms with Gasteiger partial charge in [-0.1, -0.05) is 0 Å². The zero-order chi connectivity index (χ0) is 7.52.